The number of rotatable bonds is 3. The second kappa shape index (κ2) is 9.42. The summed E-state index contributed by atoms with van der Waals surface area (Å²) in [6.07, 6.45) is 1.32. The maximum atomic E-state index is 9.72. The summed E-state index contributed by atoms with van der Waals surface area (Å²) in [4.78, 5) is 0. The van der Waals surface area contributed by atoms with Crippen LogP contribution in [0.15, 0.2) is 0 Å². The fourth-order valence-corrected chi connectivity index (χ4v) is 1.90. The highest BCUT2D eigenvalue weighted by molar-refractivity contribution is 4.87. The second-order valence-electron chi connectivity index (χ2n) is 10.5. The third-order valence-corrected chi connectivity index (χ3v) is 4.96. The summed E-state index contributed by atoms with van der Waals surface area (Å²) in [5, 5.41) is 19.4. The molecule has 0 aliphatic carbocycles. The van der Waals surface area contributed by atoms with Crippen molar-refractivity contribution in [1.29, 1.82) is 0 Å². The third-order valence-electron chi connectivity index (χ3n) is 4.96. The molecule has 0 aromatic rings. The van der Waals surface area contributed by atoms with E-state index in [1.165, 1.54) is 0 Å². The Hall–Kier alpha value is -0.0800. The predicted octanol–water partition coefficient (Wildman–Crippen LogP) is 6.30. The Morgan fingerprint density at radius 1 is 0.696 bits per heavy atom. The van der Waals surface area contributed by atoms with Gasteiger partial charge < -0.3 is 10.2 Å². The third kappa shape index (κ3) is 11.2. The highest BCUT2D eigenvalue weighted by atomic mass is 16.3. The van der Waals surface area contributed by atoms with Crippen LogP contribution >= 0.6 is 0 Å². The Morgan fingerprint density at radius 2 is 1.04 bits per heavy atom. The van der Waals surface area contributed by atoms with Crippen LogP contribution < -0.4 is 0 Å². The molecule has 2 N–H and O–H groups in total. The van der Waals surface area contributed by atoms with E-state index in [2.05, 4.69) is 76.2 Å². The Morgan fingerprint density at radius 3 is 1.13 bits per heavy atom. The van der Waals surface area contributed by atoms with Gasteiger partial charge in [0.2, 0.25) is 0 Å². The molecule has 144 valence electrons. The molecule has 0 heterocycles. The Bertz CT molecular complexity index is 297. The maximum Gasteiger partial charge on any atom is 0.0593 e. The zero-order chi connectivity index (χ0) is 18.6. The van der Waals surface area contributed by atoms with Crippen molar-refractivity contribution in [2.45, 2.75) is 116 Å². The van der Waals surface area contributed by atoms with E-state index in [-0.39, 0.29) is 41.3 Å². The van der Waals surface area contributed by atoms with Gasteiger partial charge in [0.05, 0.1) is 12.2 Å². The van der Waals surface area contributed by atoms with E-state index in [1.54, 1.807) is 0 Å². The van der Waals surface area contributed by atoms with E-state index in [4.69, 9.17) is 0 Å². The van der Waals surface area contributed by atoms with Crippen LogP contribution in [-0.2, 0) is 0 Å². The van der Waals surface area contributed by atoms with E-state index >= 15 is 0 Å². The topological polar surface area (TPSA) is 40.5 Å². The monoisotopic (exact) mass is 332 g/mol. The minimum absolute atomic E-state index is 0. The van der Waals surface area contributed by atoms with Gasteiger partial charge in [0.15, 0.2) is 0 Å². The van der Waals surface area contributed by atoms with E-state index < -0.39 is 0 Å². The predicted molar refractivity (Wildman–Crippen MR) is 106 cm³/mol. The molecule has 0 aromatic heterocycles. The fraction of sp³-hybridized carbons (Fsp3) is 1.00. The van der Waals surface area contributed by atoms with E-state index in [0.29, 0.717) is 0 Å². The largest absolute Gasteiger partial charge is 0.393 e. The lowest BCUT2D eigenvalue weighted by molar-refractivity contribution is -0.0287. The van der Waals surface area contributed by atoms with Crippen LogP contribution in [0, 0.1) is 21.7 Å². The van der Waals surface area contributed by atoms with Crippen LogP contribution in [0.5, 0.6) is 0 Å². The summed E-state index contributed by atoms with van der Waals surface area (Å²) in [6, 6.07) is 0. The van der Waals surface area contributed by atoms with Crippen molar-refractivity contribution in [3.63, 3.8) is 0 Å². The van der Waals surface area contributed by atoms with Gasteiger partial charge in [-0.3, -0.25) is 0 Å². The van der Waals surface area contributed by atoms with Crippen LogP contribution in [0.25, 0.3) is 0 Å². The average molecular weight is 333 g/mol. The van der Waals surface area contributed by atoms with Crippen LogP contribution in [0.4, 0.5) is 0 Å². The number of hydrogen-bond donors (Lipinski definition) is 2. The fourth-order valence-electron chi connectivity index (χ4n) is 1.90. The number of aliphatic hydroxyl groups excluding tert-OH is 2. The lowest BCUT2D eigenvalue weighted by Gasteiger charge is -2.42. The molecule has 0 saturated heterocycles. The van der Waals surface area contributed by atoms with Crippen molar-refractivity contribution in [2.75, 3.05) is 0 Å². The highest BCUT2D eigenvalue weighted by Crippen LogP contribution is 2.41. The number of hydrogen-bond acceptors (Lipinski definition) is 2. The van der Waals surface area contributed by atoms with Gasteiger partial charge >= 0.3 is 0 Å². The van der Waals surface area contributed by atoms with E-state index in [1.807, 2.05) is 6.92 Å². The lowest BCUT2D eigenvalue weighted by Crippen LogP contribution is -2.40. The zero-order valence-corrected chi connectivity index (χ0v) is 17.5. The quantitative estimate of drug-likeness (QED) is 0.637. The van der Waals surface area contributed by atoms with Crippen molar-refractivity contribution in [3.8, 4) is 0 Å². The molecule has 0 saturated carbocycles. The second-order valence-corrected chi connectivity index (χ2v) is 10.5. The van der Waals surface area contributed by atoms with Gasteiger partial charge in [0, 0.05) is 0 Å². The summed E-state index contributed by atoms with van der Waals surface area (Å²) in [5.41, 5.74) is 0.421. The van der Waals surface area contributed by atoms with Gasteiger partial charge in [-0.25, -0.2) is 0 Å². The van der Waals surface area contributed by atoms with Crippen molar-refractivity contribution in [3.05, 3.63) is 0 Å². The highest BCUT2D eigenvalue weighted by Gasteiger charge is 2.38. The van der Waals surface area contributed by atoms with Crippen molar-refractivity contribution >= 4 is 0 Å². The lowest BCUT2D eigenvalue weighted by atomic mass is 9.65. The van der Waals surface area contributed by atoms with Crippen molar-refractivity contribution in [2.24, 2.45) is 21.7 Å². The summed E-state index contributed by atoms with van der Waals surface area (Å²) < 4.78 is 0. The number of aliphatic hydroxyl groups is 2. The molecule has 0 aliphatic heterocycles. The molecule has 0 aromatic carbocycles. The van der Waals surface area contributed by atoms with Gasteiger partial charge in [-0.15, -0.1) is 0 Å². The summed E-state index contributed by atoms with van der Waals surface area (Å²) >= 11 is 0. The molecule has 2 atom stereocenters. The smallest absolute Gasteiger partial charge is 0.0593 e. The van der Waals surface area contributed by atoms with E-state index in [9.17, 15) is 10.2 Å². The molecule has 0 amide bonds. The molecule has 23 heavy (non-hydrogen) atoms. The molecule has 0 spiro atoms. The first-order valence-electron chi connectivity index (χ1n) is 8.72. The standard InChI is InChI=1S/2C10H22O.CH4/c1-9(2,3)7-8(11)10(4,5)6;1-7-8(11)10(5,6)9(2,3)4;/h2*8,11H,7H2,1-6H3;1H4. The molecule has 2 nitrogen and oxygen atoms in total. The van der Waals surface area contributed by atoms with E-state index in [0.717, 1.165) is 12.8 Å². The van der Waals surface area contributed by atoms with Crippen molar-refractivity contribution in [1.82, 2.24) is 0 Å². The van der Waals surface area contributed by atoms with Crippen LogP contribution in [0.3, 0.4) is 0 Å². The van der Waals surface area contributed by atoms with Crippen LogP contribution in [-0.4, -0.2) is 22.4 Å². The van der Waals surface area contributed by atoms with Crippen LogP contribution in [0.2, 0.25) is 0 Å². The van der Waals surface area contributed by atoms with Gasteiger partial charge in [-0.1, -0.05) is 90.5 Å². The average Bonchev–Trinajstić information content (AvgIpc) is 2.23. The van der Waals surface area contributed by atoms with Gasteiger partial charge in [-0.2, -0.15) is 0 Å². The first kappa shape index (κ1) is 27.8. The van der Waals surface area contributed by atoms with Gasteiger partial charge in [0.1, 0.15) is 0 Å². The minimum Gasteiger partial charge on any atom is -0.393 e. The molecule has 0 bridgehead atoms. The van der Waals surface area contributed by atoms with Gasteiger partial charge in [0.25, 0.3) is 0 Å². The Labute approximate surface area is 148 Å². The molecule has 0 radical (unpaired) electrons. The van der Waals surface area contributed by atoms with Crippen LogP contribution in [0.1, 0.15) is 103 Å². The molecule has 2 unspecified atom stereocenters. The molecular formula is C21H48O2. The Balaban J connectivity index is -0.000000333. The molecule has 2 heteroatoms. The summed E-state index contributed by atoms with van der Waals surface area (Å²) in [6.45, 7) is 25.5. The maximum absolute atomic E-state index is 9.72. The summed E-state index contributed by atoms with van der Waals surface area (Å²) in [5.74, 6) is 0. The van der Waals surface area contributed by atoms with Gasteiger partial charge in [-0.05, 0) is 34.5 Å². The molecular weight excluding hydrogens is 284 g/mol. The van der Waals surface area contributed by atoms with Crippen molar-refractivity contribution < 1.29 is 10.2 Å². The molecule has 0 aliphatic rings. The molecule has 0 fully saturated rings. The SMILES string of the molecule is C.CC(C)(C)CC(O)C(C)(C)C.CCC(O)C(C)(C)C(C)(C)C. The molecule has 0 rings (SSSR count). The Kier molecular flexibility index (Phi) is 11.4. The first-order chi connectivity index (χ1) is 9.36. The normalized spacial score (nSPS) is 15.9. The minimum atomic E-state index is -0.192. The summed E-state index contributed by atoms with van der Waals surface area (Å²) in [7, 11) is 0. The zero-order valence-electron chi connectivity index (χ0n) is 17.5. The first-order valence-corrected chi connectivity index (χ1v) is 8.72.